The number of phosphoric ester groups is 1. The molecule has 0 bridgehead atoms. The third kappa shape index (κ3) is 6.08. The Morgan fingerprint density at radius 1 is 1.30 bits per heavy atom. The number of anilines is 1. The number of unbranched alkanes of at least 4 members (excludes halogenated alkanes) is 3. The standard InChI is InChI=1S/C15H26N3O8P/c1-2-3-4-5-8-24-27(22,23)25-9-10-12(19)13(20)14(26-10)18-7-6-11(16)17-15(18)21/h6-7,10,12-14,19-20H,2-5,8-9H2,1H3,(H,22,23)(H2,16,17,21)/t10-,12-,13+,14-/m1/s1. The Hall–Kier alpha value is -1.33. The Labute approximate surface area is 156 Å². The van der Waals surface area contributed by atoms with Gasteiger partial charge in [-0.25, -0.2) is 9.36 Å². The number of hydrogen-bond donors (Lipinski definition) is 4. The first-order valence-electron chi connectivity index (χ1n) is 8.73. The van der Waals surface area contributed by atoms with Crippen molar-refractivity contribution >= 4 is 13.6 Å². The molecule has 27 heavy (non-hydrogen) atoms. The number of rotatable bonds is 10. The summed E-state index contributed by atoms with van der Waals surface area (Å²) in [6.07, 6.45) is -0.483. The predicted octanol–water partition coefficient (Wildman–Crippen LogP) is 0.159. The molecular weight excluding hydrogens is 381 g/mol. The molecule has 0 saturated carbocycles. The fraction of sp³-hybridized carbons (Fsp3) is 0.733. The molecular formula is C15H26N3O8P. The second kappa shape index (κ2) is 9.74. The third-order valence-corrected chi connectivity index (χ3v) is 5.10. The summed E-state index contributed by atoms with van der Waals surface area (Å²) in [6.45, 7) is 1.61. The van der Waals surface area contributed by atoms with E-state index < -0.39 is 44.7 Å². The van der Waals surface area contributed by atoms with Crippen LogP contribution in [0, 0.1) is 0 Å². The van der Waals surface area contributed by atoms with E-state index in [0.717, 1.165) is 23.8 Å². The van der Waals surface area contributed by atoms with Gasteiger partial charge < -0.3 is 25.6 Å². The molecule has 1 aliphatic rings. The predicted molar refractivity (Wildman–Crippen MR) is 94.7 cm³/mol. The van der Waals surface area contributed by atoms with Crippen molar-refractivity contribution in [2.24, 2.45) is 0 Å². The van der Waals surface area contributed by atoms with Crippen molar-refractivity contribution in [2.45, 2.75) is 57.1 Å². The number of nitrogen functional groups attached to an aromatic ring is 1. The van der Waals surface area contributed by atoms with Crippen LogP contribution in [0.25, 0.3) is 0 Å². The van der Waals surface area contributed by atoms with Crippen molar-refractivity contribution in [2.75, 3.05) is 18.9 Å². The molecule has 11 nitrogen and oxygen atoms in total. The number of aliphatic hydroxyl groups excluding tert-OH is 2. The third-order valence-electron chi connectivity index (χ3n) is 4.12. The Balaban J connectivity index is 1.90. The van der Waals surface area contributed by atoms with Gasteiger partial charge in [-0.15, -0.1) is 0 Å². The summed E-state index contributed by atoms with van der Waals surface area (Å²) in [5, 5.41) is 20.2. The van der Waals surface area contributed by atoms with E-state index in [1.54, 1.807) is 0 Å². The van der Waals surface area contributed by atoms with E-state index in [1.807, 2.05) is 6.92 Å². The van der Waals surface area contributed by atoms with Crippen LogP contribution in [-0.4, -0.2) is 56.2 Å². The topological polar surface area (TPSA) is 166 Å². The minimum Gasteiger partial charge on any atom is -0.387 e. The molecule has 1 aromatic rings. The normalized spacial score (nSPS) is 27.6. The number of nitrogens with two attached hydrogens (primary N) is 1. The molecule has 0 radical (unpaired) electrons. The molecule has 5 atom stereocenters. The number of phosphoric acid groups is 1. The molecule has 154 valence electrons. The van der Waals surface area contributed by atoms with Crippen LogP contribution in [0.3, 0.4) is 0 Å². The molecule has 1 unspecified atom stereocenters. The Kier molecular flexibility index (Phi) is 7.92. The van der Waals surface area contributed by atoms with Crippen LogP contribution in [0.1, 0.15) is 38.8 Å². The first-order valence-corrected chi connectivity index (χ1v) is 10.2. The lowest BCUT2D eigenvalue weighted by Gasteiger charge is -2.17. The van der Waals surface area contributed by atoms with Crippen molar-refractivity contribution in [3.05, 3.63) is 22.7 Å². The van der Waals surface area contributed by atoms with E-state index in [9.17, 15) is 24.5 Å². The van der Waals surface area contributed by atoms with Gasteiger partial charge in [0.25, 0.3) is 0 Å². The van der Waals surface area contributed by atoms with Crippen LogP contribution < -0.4 is 11.4 Å². The van der Waals surface area contributed by atoms with Gasteiger partial charge in [0.05, 0.1) is 13.2 Å². The zero-order chi connectivity index (χ0) is 20.0. The van der Waals surface area contributed by atoms with Gasteiger partial charge in [-0.1, -0.05) is 26.2 Å². The van der Waals surface area contributed by atoms with Crippen LogP contribution in [0.4, 0.5) is 5.82 Å². The van der Waals surface area contributed by atoms with E-state index in [1.165, 1.54) is 12.3 Å². The van der Waals surface area contributed by atoms with Gasteiger partial charge in [-0.3, -0.25) is 13.6 Å². The lowest BCUT2D eigenvalue weighted by molar-refractivity contribution is -0.0551. The summed E-state index contributed by atoms with van der Waals surface area (Å²) in [5.41, 5.74) is 4.64. The van der Waals surface area contributed by atoms with Crippen LogP contribution >= 0.6 is 7.82 Å². The molecule has 5 N–H and O–H groups in total. The second-order valence-corrected chi connectivity index (χ2v) is 7.70. The SMILES string of the molecule is CCCCCCOP(=O)(O)OC[C@H]1O[C@@H](n2ccc(N)nc2=O)[C@@H](O)[C@@H]1O. The average molecular weight is 407 g/mol. The molecule has 0 aromatic carbocycles. The molecule has 12 heteroatoms. The fourth-order valence-corrected chi connectivity index (χ4v) is 3.40. The largest absolute Gasteiger partial charge is 0.472 e. The zero-order valence-electron chi connectivity index (χ0n) is 15.0. The fourth-order valence-electron chi connectivity index (χ4n) is 2.63. The lowest BCUT2D eigenvalue weighted by Crippen LogP contribution is -2.36. The van der Waals surface area contributed by atoms with Crippen molar-refractivity contribution < 1.29 is 33.5 Å². The molecule has 1 saturated heterocycles. The molecule has 0 spiro atoms. The first kappa shape index (κ1) is 22.0. The van der Waals surface area contributed by atoms with Crippen LogP contribution in [0.15, 0.2) is 17.1 Å². The van der Waals surface area contributed by atoms with Gasteiger partial charge in [0, 0.05) is 6.20 Å². The van der Waals surface area contributed by atoms with Gasteiger partial charge in [0.1, 0.15) is 24.1 Å². The maximum absolute atomic E-state index is 11.9. The molecule has 0 amide bonds. The number of nitrogens with zero attached hydrogens (tertiary/aromatic N) is 2. The summed E-state index contributed by atoms with van der Waals surface area (Å²) in [5.74, 6) is 0.00136. The highest BCUT2D eigenvalue weighted by molar-refractivity contribution is 7.47. The molecule has 0 aliphatic carbocycles. The number of aromatic nitrogens is 2. The van der Waals surface area contributed by atoms with E-state index in [0.29, 0.717) is 6.42 Å². The van der Waals surface area contributed by atoms with E-state index >= 15 is 0 Å². The quantitative estimate of drug-likeness (QED) is 0.310. The second-order valence-electron chi connectivity index (χ2n) is 6.25. The van der Waals surface area contributed by atoms with Gasteiger partial charge in [0.2, 0.25) is 0 Å². The minimum absolute atomic E-state index is 0.00136. The highest BCUT2D eigenvalue weighted by atomic mass is 31.2. The van der Waals surface area contributed by atoms with E-state index in [2.05, 4.69) is 4.98 Å². The van der Waals surface area contributed by atoms with Crippen molar-refractivity contribution in [1.29, 1.82) is 0 Å². The number of hydrogen-bond acceptors (Lipinski definition) is 9. The van der Waals surface area contributed by atoms with Crippen molar-refractivity contribution in [3.8, 4) is 0 Å². The first-order chi connectivity index (χ1) is 12.7. The van der Waals surface area contributed by atoms with Gasteiger partial charge >= 0.3 is 13.5 Å². The molecule has 2 heterocycles. The van der Waals surface area contributed by atoms with Crippen LogP contribution in [-0.2, 0) is 18.3 Å². The van der Waals surface area contributed by atoms with E-state index in [-0.39, 0.29) is 12.4 Å². The lowest BCUT2D eigenvalue weighted by atomic mass is 10.1. The summed E-state index contributed by atoms with van der Waals surface area (Å²) in [7, 11) is -4.32. The molecule has 1 aliphatic heterocycles. The number of aliphatic hydroxyl groups is 2. The molecule has 2 rings (SSSR count). The summed E-state index contributed by atoms with van der Waals surface area (Å²) in [4.78, 5) is 25.1. The Bertz CT molecular complexity index is 715. The van der Waals surface area contributed by atoms with Gasteiger partial charge in [-0.2, -0.15) is 4.98 Å². The van der Waals surface area contributed by atoms with Crippen molar-refractivity contribution in [1.82, 2.24) is 9.55 Å². The highest BCUT2D eigenvalue weighted by Gasteiger charge is 2.45. The number of ether oxygens (including phenoxy) is 1. The van der Waals surface area contributed by atoms with Crippen LogP contribution in [0.5, 0.6) is 0 Å². The average Bonchev–Trinajstić information content (AvgIpc) is 2.88. The summed E-state index contributed by atoms with van der Waals surface area (Å²) < 4.78 is 27.9. The highest BCUT2D eigenvalue weighted by Crippen LogP contribution is 2.44. The maximum Gasteiger partial charge on any atom is 0.472 e. The maximum atomic E-state index is 11.9. The summed E-state index contributed by atoms with van der Waals surface area (Å²) in [6, 6.07) is 1.34. The van der Waals surface area contributed by atoms with Crippen LogP contribution in [0.2, 0.25) is 0 Å². The Morgan fingerprint density at radius 3 is 2.70 bits per heavy atom. The Morgan fingerprint density at radius 2 is 2.04 bits per heavy atom. The molecule has 1 fully saturated rings. The molecule has 1 aromatic heterocycles. The smallest absolute Gasteiger partial charge is 0.387 e. The van der Waals surface area contributed by atoms with Gasteiger partial charge in [-0.05, 0) is 12.5 Å². The summed E-state index contributed by atoms with van der Waals surface area (Å²) >= 11 is 0. The van der Waals surface area contributed by atoms with Gasteiger partial charge in [0.15, 0.2) is 6.23 Å². The monoisotopic (exact) mass is 407 g/mol. The zero-order valence-corrected chi connectivity index (χ0v) is 15.9. The minimum atomic E-state index is -4.32. The van der Waals surface area contributed by atoms with E-state index in [4.69, 9.17) is 19.5 Å². The van der Waals surface area contributed by atoms with Crippen molar-refractivity contribution in [3.63, 3.8) is 0 Å².